The summed E-state index contributed by atoms with van der Waals surface area (Å²) in [5.41, 5.74) is 12.1. The zero-order chi connectivity index (χ0) is 18.4. The van der Waals surface area contributed by atoms with Gasteiger partial charge in [-0.1, -0.05) is 42.5 Å². The van der Waals surface area contributed by atoms with Gasteiger partial charge >= 0.3 is 0 Å². The lowest BCUT2D eigenvalue weighted by Gasteiger charge is -2.30. The Morgan fingerprint density at radius 3 is 2.26 bits per heavy atom. The lowest BCUT2D eigenvalue weighted by Crippen LogP contribution is -2.24. The van der Waals surface area contributed by atoms with Crippen molar-refractivity contribution < 1.29 is 0 Å². The quantitative estimate of drug-likeness (QED) is 0.592. The highest BCUT2D eigenvalue weighted by atomic mass is 14.7. The Hall–Kier alpha value is -2.41. The van der Waals surface area contributed by atoms with Gasteiger partial charge < -0.3 is 0 Å². The molecule has 5 rings (SSSR count). The maximum absolute atomic E-state index is 4.72. The third kappa shape index (κ3) is 2.64. The van der Waals surface area contributed by atoms with Gasteiger partial charge in [0.2, 0.25) is 0 Å². The molecule has 0 saturated carbocycles. The Bertz CT molecular complexity index is 1010. The molecule has 3 aromatic rings. The molecule has 1 heterocycles. The van der Waals surface area contributed by atoms with Gasteiger partial charge in [0, 0.05) is 16.8 Å². The van der Waals surface area contributed by atoms with Crippen molar-refractivity contribution in [1.82, 2.24) is 4.98 Å². The first-order valence-electron chi connectivity index (χ1n) is 10.3. The van der Waals surface area contributed by atoms with Crippen molar-refractivity contribution in [2.75, 3.05) is 0 Å². The van der Waals surface area contributed by atoms with Crippen LogP contribution in [0, 0.1) is 13.8 Å². The molecule has 27 heavy (non-hydrogen) atoms. The number of aryl methyl sites for hydroxylation is 6. The third-order valence-electron chi connectivity index (χ3n) is 6.79. The number of benzene rings is 2. The standard InChI is InChI=1S/C26H27N/c1-18-6-3-8-21-14-16-26(24(18)21)17-15-22-10-5-9-20(25(22)26)12-13-23-11-4-7-19(2)27-23/h3-11H,12-17H2,1-2H3/t26-/m1/s1. The van der Waals surface area contributed by atoms with Crippen molar-refractivity contribution in [1.29, 1.82) is 0 Å². The van der Waals surface area contributed by atoms with Crippen LogP contribution < -0.4 is 0 Å². The molecule has 0 saturated heterocycles. The Labute approximate surface area is 162 Å². The largest absolute Gasteiger partial charge is 0.258 e. The molecular weight excluding hydrogens is 326 g/mol. The number of hydrogen-bond acceptors (Lipinski definition) is 1. The van der Waals surface area contributed by atoms with Gasteiger partial charge in [0.05, 0.1) is 0 Å². The van der Waals surface area contributed by atoms with Gasteiger partial charge in [-0.2, -0.15) is 0 Å². The van der Waals surface area contributed by atoms with Crippen LogP contribution in [0.2, 0.25) is 0 Å². The van der Waals surface area contributed by atoms with E-state index in [1.54, 1.807) is 27.8 Å². The van der Waals surface area contributed by atoms with Gasteiger partial charge in [0.15, 0.2) is 0 Å². The van der Waals surface area contributed by atoms with Gasteiger partial charge in [0.25, 0.3) is 0 Å². The first-order valence-corrected chi connectivity index (χ1v) is 10.3. The van der Waals surface area contributed by atoms with Gasteiger partial charge in [-0.05, 0) is 97.9 Å². The van der Waals surface area contributed by atoms with E-state index in [9.17, 15) is 0 Å². The summed E-state index contributed by atoms with van der Waals surface area (Å²) in [6.45, 7) is 4.39. The second-order valence-electron chi connectivity index (χ2n) is 8.41. The molecule has 2 aromatic carbocycles. The van der Waals surface area contributed by atoms with Crippen LogP contribution >= 0.6 is 0 Å². The summed E-state index contributed by atoms with van der Waals surface area (Å²) in [7, 11) is 0. The Kier molecular flexibility index (Phi) is 3.93. The molecule has 1 spiro atoms. The van der Waals surface area contributed by atoms with Crippen molar-refractivity contribution in [3.63, 3.8) is 0 Å². The molecule has 1 heteroatoms. The average molecular weight is 354 g/mol. The molecule has 0 radical (unpaired) electrons. The zero-order valence-corrected chi connectivity index (χ0v) is 16.4. The van der Waals surface area contributed by atoms with Crippen LogP contribution in [0.4, 0.5) is 0 Å². The van der Waals surface area contributed by atoms with Crippen molar-refractivity contribution in [3.8, 4) is 0 Å². The van der Waals surface area contributed by atoms with Crippen molar-refractivity contribution in [3.05, 3.63) is 99.4 Å². The lowest BCUT2D eigenvalue weighted by molar-refractivity contribution is 0.501. The predicted octanol–water partition coefficient (Wildman–Crippen LogP) is 5.66. The topological polar surface area (TPSA) is 12.9 Å². The summed E-state index contributed by atoms with van der Waals surface area (Å²) < 4.78 is 0. The van der Waals surface area contributed by atoms with Gasteiger partial charge in [-0.15, -0.1) is 0 Å². The molecular formula is C26H27N. The smallest absolute Gasteiger partial charge is 0.0410 e. The first-order chi connectivity index (χ1) is 13.2. The average Bonchev–Trinajstić information content (AvgIpc) is 3.24. The van der Waals surface area contributed by atoms with Crippen LogP contribution in [-0.4, -0.2) is 4.98 Å². The van der Waals surface area contributed by atoms with E-state index < -0.39 is 0 Å². The van der Waals surface area contributed by atoms with E-state index in [1.807, 2.05) is 0 Å². The van der Waals surface area contributed by atoms with E-state index in [0.717, 1.165) is 18.5 Å². The van der Waals surface area contributed by atoms with E-state index in [-0.39, 0.29) is 5.41 Å². The Balaban J connectivity index is 1.56. The van der Waals surface area contributed by atoms with Crippen LogP contribution in [-0.2, 0) is 31.1 Å². The number of aromatic nitrogens is 1. The number of fused-ring (bicyclic) bond motifs is 4. The van der Waals surface area contributed by atoms with Crippen LogP contribution in [0.5, 0.6) is 0 Å². The van der Waals surface area contributed by atoms with Crippen LogP contribution in [0.15, 0.2) is 54.6 Å². The van der Waals surface area contributed by atoms with E-state index in [0.29, 0.717) is 0 Å². The molecule has 1 atom stereocenters. The highest BCUT2D eigenvalue weighted by Crippen LogP contribution is 2.54. The Morgan fingerprint density at radius 2 is 1.48 bits per heavy atom. The fourth-order valence-electron chi connectivity index (χ4n) is 5.75. The SMILES string of the molecule is Cc1cccc(CCc2cccc3c2[C@]2(CCc4cccc(C)c42)CC3)n1. The fraction of sp³-hybridized carbons (Fsp3) is 0.346. The lowest BCUT2D eigenvalue weighted by atomic mass is 9.73. The van der Waals surface area contributed by atoms with E-state index >= 15 is 0 Å². The van der Waals surface area contributed by atoms with Crippen molar-refractivity contribution in [2.24, 2.45) is 0 Å². The minimum absolute atomic E-state index is 0.257. The number of pyridine rings is 1. The number of hydrogen-bond donors (Lipinski definition) is 0. The summed E-state index contributed by atoms with van der Waals surface area (Å²) in [6, 6.07) is 20.3. The first kappa shape index (κ1) is 16.7. The second-order valence-corrected chi connectivity index (χ2v) is 8.41. The normalized spacial score (nSPS) is 20.1. The highest BCUT2D eigenvalue weighted by Gasteiger charge is 2.46. The molecule has 0 bridgehead atoms. The predicted molar refractivity (Wildman–Crippen MR) is 111 cm³/mol. The summed E-state index contributed by atoms with van der Waals surface area (Å²) in [5, 5.41) is 0. The summed E-state index contributed by atoms with van der Waals surface area (Å²) in [6.07, 6.45) is 7.11. The second kappa shape index (κ2) is 6.34. The van der Waals surface area contributed by atoms with Gasteiger partial charge in [-0.3, -0.25) is 4.98 Å². The monoisotopic (exact) mass is 353 g/mol. The minimum Gasteiger partial charge on any atom is -0.258 e. The van der Waals surface area contributed by atoms with Crippen molar-refractivity contribution >= 4 is 0 Å². The van der Waals surface area contributed by atoms with Crippen LogP contribution in [0.25, 0.3) is 0 Å². The Morgan fingerprint density at radius 1 is 0.778 bits per heavy atom. The maximum atomic E-state index is 4.72. The molecule has 136 valence electrons. The molecule has 0 fully saturated rings. The third-order valence-corrected chi connectivity index (χ3v) is 6.79. The van der Waals surface area contributed by atoms with Crippen LogP contribution in [0.1, 0.15) is 57.6 Å². The maximum Gasteiger partial charge on any atom is 0.0410 e. The molecule has 1 nitrogen and oxygen atoms in total. The molecule has 2 aliphatic carbocycles. The summed E-state index contributed by atoms with van der Waals surface area (Å²) >= 11 is 0. The molecule has 0 N–H and O–H groups in total. The number of rotatable bonds is 3. The van der Waals surface area contributed by atoms with Crippen LogP contribution in [0.3, 0.4) is 0 Å². The highest BCUT2D eigenvalue weighted by molar-refractivity contribution is 5.58. The van der Waals surface area contributed by atoms with E-state index in [2.05, 4.69) is 68.4 Å². The minimum atomic E-state index is 0.257. The van der Waals surface area contributed by atoms with E-state index in [4.69, 9.17) is 4.98 Å². The molecule has 0 aliphatic heterocycles. The van der Waals surface area contributed by atoms with Gasteiger partial charge in [0.1, 0.15) is 0 Å². The zero-order valence-electron chi connectivity index (χ0n) is 16.4. The summed E-state index contributed by atoms with van der Waals surface area (Å²) in [4.78, 5) is 4.72. The fourth-order valence-corrected chi connectivity index (χ4v) is 5.75. The van der Waals surface area contributed by atoms with Gasteiger partial charge in [-0.25, -0.2) is 0 Å². The molecule has 1 aromatic heterocycles. The van der Waals surface area contributed by atoms with E-state index in [1.165, 1.54) is 36.9 Å². The van der Waals surface area contributed by atoms with Crippen molar-refractivity contribution in [2.45, 2.75) is 57.8 Å². The molecule has 0 amide bonds. The molecule has 0 unspecified atom stereocenters. The summed E-state index contributed by atoms with van der Waals surface area (Å²) in [5.74, 6) is 0. The molecule has 2 aliphatic rings. The number of nitrogens with zero attached hydrogens (tertiary/aromatic N) is 1.